The molecule has 3 N–H and O–H groups in total. The smallest absolute Gasteiger partial charge is 0.332 e. The van der Waals surface area contributed by atoms with Gasteiger partial charge in [0.1, 0.15) is 5.82 Å². The number of rotatable bonds is 4. The van der Waals surface area contributed by atoms with Crippen molar-refractivity contribution in [2.24, 2.45) is 14.1 Å². The number of anilines is 1. The van der Waals surface area contributed by atoms with Crippen LogP contribution in [-0.4, -0.2) is 17.6 Å². The van der Waals surface area contributed by atoms with Crippen molar-refractivity contribution in [3.8, 4) is 0 Å². The number of benzene rings is 1. The molecule has 0 spiro atoms. The van der Waals surface area contributed by atoms with Gasteiger partial charge in [-0.25, -0.2) is 17.9 Å². The second-order valence-corrected chi connectivity index (χ2v) is 6.82. The number of nitrogens with two attached hydrogens (primary N) is 1. The Balaban J connectivity index is 2.54. The average molecular weight is 338 g/mol. The van der Waals surface area contributed by atoms with Gasteiger partial charge in [-0.2, -0.15) is 0 Å². The average Bonchev–Trinajstić information content (AvgIpc) is 2.51. The number of hydrogen-bond donors (Lipinski definition) is 2. The molecular weight excluding hydrogens is 320 g/mol. The minimum atomic E-state index is -4.20. The standard InChI is InChI=1S/C14H18N4O4S/c1-9(10-7-5-4-6-8-10)16-23(21,22)11-12(15)17(2)14(20)18(3)13(11)19/h4-9,16H,15H2,1-3H3/t9-/m0/s1. The fourth-order valence-corrected chi connectivity index (χ4v) is 3.68. The second kappa shape index (κ2) is 6.01. The van der Waals surface area contributed by atoms with Gasteiger partial charge in [-0.3, -0.25) is 13.9 Å². The lowest BCUT2D eigenvalue weighted by atomic mass is 10.1. The molecule has 0 amide bonds. The first-order valence-electron chi connectivity index (χ1n) is 6.79. The van der Waals surface area contributed by atoms with Crippen molar-refractivity contribution in [3.63, 3.8) is 0 Å². The van der Waals surface area contributed by atoms with E-state index in [0.29, 0.717) is 4.57 Å². The first-order valence-corrected chi connectivity index (χ1v) is 8.28. The van der Waals surface area contributed by atoms with E-state index in [1.807, 2.05) is 6.07 Å². The molecule has 23 heavy (non-hydrogen) atoms. The van der Waals surface area contributed by atoms with Crippen molar-refractivity contribution in [2.45, 2.75) is 17.9 Å². The summed E-state index contributed by atoms with van der Waals surface area (Å²) in [7, 11) is -1.70. The maximum absolute atomic E-state index is 12.6. The van der Waals surface area contributed by atoms with E-state index >= 15 is 0 Å². The van der Waals surface area contributed by atoms with Gasteiger partial charge in [-0.1, -0.05) is 30.3 Å². The van der Waals surface area contributed by atoms with Crippen LogP contribution in [0.25, 0.3) is 0 Å². The summed E-state index contributed by atoms with van der Waals surface area (Å²) < 4.78 is 29.1. The van der Waals surface area contributed by atoms with Gasteiger partial charge in [0, 0.05) is 20.1 Å². The quantitative estimate of drug-likeness (QED) is 0.794. The van der Waals surface area contributed by atoms with Crippen LogP contribution in [0.1, 0.15) is 18.5 Å². The fourth-order valence-electron chi connectivity index (χ4n) is 2.18. The van der Waals surface area contributed by atoms with Crippen molar-refractivity contribution in [1.82, 2.24) is 13.9 Å². The highest BCUT2D eigenvalue weighted by atomic mass is 32.2. The van der Waals surface area contributed by atoms with Crippen LogP contribution in [0.5, 0.6) is 0 Å². The molecular formula is C14H18N4O4S. The monoisotopic (exact) mass is 338 g/mol. The molecule has 9 heteroatoms. The van der Waals surface area contributed by atoms with Gasteiger partial charge < -0.3 is 5.73 Å². The van der Waals surface area contributed by atoms with Crippen molar-refractivity contribution in [2.75, 3.05) is 5.73 Å². The number of hydrogen-bond acceptors (Lipinski definition) is 5. The van der Waals surface area contributed by atoms with Crippen LogP contribution < -0.4 is 21.7 Å². The molecule has 0 saturated carbocycles. The normalized spacial score (nSPS) is 13.0. The highest BCUT2D eigenvalue weighted by molar-refractivity contribution is 7.89. The summed E-state index contributed by atoms with van der Waals surface area (Å²) in [5.74, 6) is -0.397. The van der Waals surface area contributed by atoms with Crippen LogP contribution in [0.4, 0.5) is 5.82 Å². The van der Waals surface area contributed by atoms with E-state index in [1.165, 1.54) is 14.1 Å². The molecule has 1 aromatic heterocycles. The number of nitrogens with zero attached hydrogens (tertiary/aromatic N) is 2. The molecule has 124 valence electrons. The van der Waals surface area contributed by atoms with Crippen molar-refractivity contribution in [3.05, 3.63) is 56.7 Å². The lowest BCUT2D eigenvalue weighted by Crippen LogP contribution is -2.43. The van der Waals surface area contributed by atoms with Gasteiger partial charge in [0.25, 0.3) is 5.56 Å². The molecule has 1 aromatic carbocycles. The van der Waals surface area contributed by atoms with E-state index in [2.05, 4.69) is 4.72 Å². The van der Waals surface area contributed by atoms with E-state index in [4.69, 9.17) is 5.73 Å². The van der Waals surface area contributed by atoms with Gasteiger partial charge in [-0.15, -0.1) is 0 Å². The molecule has 1 heterocycles. The van der Waals surface area contributed by atoms with Crippen LogP contribution in [0, 0.1) is 0 Å². The molecule has 2 rings (SSSR count). The number of nitrogen functional groups attached to an aromatic ring is 1. The Morgan fingerprint density at radius 2 is 1.65 bits per heavy atom. The summed E-state index contributed by atoms with van der Waals surface area (Å²) in [4.78, 5) is 23.3. The highest BCUT2D eigenvalue weighted by Crippen LogP contribution is 2.17. The Kier molecular flexibility index (Phi) is 4.44. The van der Waals surface area contributed by atoms with Crippen LogP contribution >= 0.6 is 0 Å². The molecule has 8 nitrogen and oxygen atoms in total. The number of sulfonamides is 1. The predicted octanol–water partition coefficient (Wildman–Crippen LogP) is -0.294. The zero-order chi connectivity index (χ0) is 17.4. The Bertz CT molecular complexity index is 945. The van der Waals surface area contributed by atoms with Gasteiger partial charge in [0.15, 0.2) is 4.90 Å². The summed E-state index contributed by atoms with van der Waals surface area (Å²) in [6, 6.07) is 8.32. The topological polar surface area (TPSA) is 116 Å². The van der Waals surface area contributed by atoms with Crippen LogP contribution in [0.15, 0.2) is 44.8 Å². The van der Waals surface area contributed by atoms with Crippen molar-refractivity contribution in [1.29, 1.82) is 0 Å². The minimum Gasteiger partial charge on any atom is -0.384 e. The van der Waals surface area contributed by atoms with E-state index in [0.717, 1.165) is 10.1 Å². The maximum Gasteiger partial charge on any atom is 0.332 e. The van der Waals surface area contributed by atoms with Gasteiger partial charge in [-0.05, 0) is 12.5 Å². The molecule has 0 bridgehead atoms. The lowest BCUT2D eigenvalue weighted by Gasteiger charge is -2.16. The van der Waals surface area contributed by atoms with Crippen molar-refractivity contribution >= 4 is 15.8 Å². The second-order valence-electron chi connectivity index (χ2n) is 5.17. The molecule has 0 fully saturated rings. The third-order valence-corrected chi connectivity index (χ3v) is 5.15. The zero-order valence-electron chi connectivity index (χ0n) is 13.0. The van der Waals surface area contributed by atoms with Crippen LogP contribution in [0.3, 0.4) is 0 Å². The third kappa shape index (κ3) is 3.06. The fraction of sp³-hybridized carbons (Fsp3) is 0.286. The summed E-state index contributed by atoms with van der Waals surface area (Å²) in [5, 5.41) is 0. The molecule has 0 aliphatic carbocycles. The van der Waals surface area contributed by atoms with Gasteiger partial charge >= 0.3 is 5.69 Å². The zero-order valence-corrected chi connectivity index (χ0v) is 13.8. The Labute approximate surface area is 133 Å². The predicted molar refractivity (Wildman–Crippen MR) is 86.5 cm³/mol. The van der Waals surface area contributed by atoms with Crippen LogP contribution in [-0.2, 0) is 24.1 Å². The molecule has 0 unspecified atom stereocenters. The largest absolute Gasteiger partial charge is 0.384 e. The van der Waals surface area contributed by atoms with Gasteiger partial charge in [0.05, 0.1) is 0 Å². The highest BCUT2D eigenvalue weighted by Gasteiger charge is 2.27. The first kappa shape index (κ1) is 17.0. The number of aromatic nitrogens is 2. The first-order chi connectivity index (χ1) is 10.7. The minimum absolute atomic E-state index is 0.397. The molecule has 0 aliphatic rings. The van der Waals surface area contributed by atoms with Gasteiger partial charge in [0.2, 0.25) is 10.0 Å². The molecule has 0 radical (unpaired) electrons. The van der Waals surface area contributed by atoms with E-state index in [-0.39, 0.29) is 0 Å². The molecule has 0 aliphatic heterocycles. The van der Waals surface area contributed by atoms with E-state index < -0.39 is 38.0 Å². The number of nitrogens with one attached hydrogen (secondary N) is 1. The summed E-state index contributed by atoms with van der Waals surface area (Å²) in [6.45, 7) is 1.65. The molecule has 1 atom stereocenters. The summed E-state index contributed by atoms with van der Waals surface area (Å²) >= 11 is 0. The maximum atomic E-state index is 12.6. The van der Waals surface area contributed by atoms with E-state index in [9.17, 15) is 18.0 Å². The van der Waals surface area contributed by atoms with Crippen molar-refractivity contribution < 1.29 is 8.42 Å². The van der Waals surface area contributed by atoms with E-state index in [1.54, 1.807) is 31.2 Å². The lowest BCUT2D eigenvalue weighted by molar-refractivity contribution is 0.559. The Morgan fingerprint density at radius 1 is 1.09 bits per heavy atom. The molecule has 2 aromatic rings. The third-order valence-electron chi connectivity index (χ3n) is 3.57. The SMILES string of the molecule is C[C@H](NS(=O)(=O)c1c(N)n(C)c(=O)n(C)c1=O)c1ccccc1. The van der Waals surface area contributed by atoms with Crippen LogP contribution in [0.2, 0.25) is 0 Å². The Hall–Kier alpha value is -2.39. The summed E-state index contributed by atoms with van der Waals surface area (Å²) in [6.07, 6.45) is 0. The molecule has 0 saturated heterocycles. The summed E-state index contributed by atoms with van der Waals surface area (Å²) in [5.41, 5.74) is 4.76. The Morgan fingerprint density at radius 3 is 2.22 bits per heavy atom.